The topological polar surface area (TPSA) is 44.5 Å². The summed E-state index contributed by atoms with van der Waals surface area (Å²) in [5, 5.41) is 0. The van der Waals surface area contributed by atoms with Crippen LogP contribution in [-0.4, -0.2) is 19.9 Å². The Bertz CT molecular complexity index is 359. The Kier molecular flexibility index (Phi) is 5.11. The average molecular weight is 255 g/mol. The molecule has 0 aliphatic heterocycles. The van der Waals surface area contributed by atoms with Gasteiger partial charge < -0.3 is 15.2 Å². The van der Waals surface area contributed by atoms with Gasteiger partial charge in [-0.25, -0.2) is 4.39 Å². The minimum absolute atomic E-state index is 0.0110. The molecule has 2 atom stereocenters. The van der Waals surface area contributed by atoms with Crippen LogP contribution in [0.25, 0.3) is 0 Å². The highest BCUT2D eigenvalue weighted by atomic mass is 19.1. The number of ether oxygens (including phenoxy) is 2. The molecule has 0 spiro atoms. The van der Waals surface area contributed by atoms with Crippen molar-refractivity contribution in [2.75, 3.05) is 13.7 Å². The smallest absolute Gasteiger partial charge is 0.204 e. The molecule has 0 aromatic heterocycles. The summed E-state index contributed by atoms with van der Waals surface area (Å²) in [6, 6.07) is 6.83. The summed E-state index contributed by atoms with van der Waals surface area (Å²) in [7, 11) is 1.61. The summed E-state index contributed by atoms with van der Waals surface area (Å²) in [5.41, 5.74) is 5.71. The van der Waals surface area contributed by atoms with Gasteiger partial charge in [-0.15, -0.1) is 0 Å². The van der Waals surface area contributed by atoms with Crippen LogP contribution >= 0.6 is 0 Å². The molecule has 0 fully saturated rings. The first-order valence-electron chi connectivity index (χ1n) is 6.02. The van der Waals surface area contributed by atoms with Gasteiger partial charge in [0.1, 0.15) is 11.9 Å². The highest BCUT2D eigenvalue weighted by molar-refractivity contribution is 5.28. The maximum Gasteiger partial charge on any atom is 0.204 e. The van der Waals surface area contributed by atoms with E-state index in [-0.39, 0.29) is 18.2 Å². The fourth-order valence-corrected chi connectivity index (χ4v) is 1.59. The second-order valence-electron chi connectivity index (χ2n) is 5.32. The third-order valence-electron chi connectivity index (χ3n) is 2.61. The lowest BCUT2D eigenvalue weighted by Crippen LogP contribution is -2.33. The Morgan fingerprint density at radius 1 is 1.22 bits per heavy atom. The number of benzene rings is 1. The van der Waals surface area contributed by atoms with Crippen molar-refractivity contribution >= 4 is 0 Å². The van der Waals surface area contributed by atoms with Gasteiger partial charge in [0.25, 0.3) is 0 Å². The van der Waals surface area contributed by atoms with Crippen LogP contribution in [0, 0.1) is 5.41 Å². The van der Waals surface area contributed by atoms with Gasteiger partial charge in [0.15, 0.2) is 0 Å². The molecule has 0 bridgehead atoms. The molecular formula is C14H22FNO2. The Morgan fingerprint density at radius 3 is 2.17 bits per heavy atom. The van der Waals surface area contributed by atoms with Gasteiger partial charge in [0.05, 0.1) is 0 Å². The number of methoxy groups -OCH3 is 1. The van der Waals surface area contributed by atoms with E-state index in [4.69, 9.17) is 15.2 Å². The van der Waals surface area contributed by atoms with Gasteiger partial charge in [0.2, 0.25) is 6.29 Å². The van der Waals surface area contributed by atoms with Crippen molar-refractivity contribution in [2.24, 2.45) is 11.1 Å². The highest BCUT2D eigenvalue weighted by Gasteiger charge is 2.26. The molecule has 1 aromatic carbocycles. The molecule has 18 heavy (non-hydrogen) atoms. The fraction of sp³-hybridized carbons (Fsp3) is 0.571. The molecule has 1 aromatic rings. The molecule has 2 unspecified atom stereocenters. The highest BCUT2D eigenvalue weighted by Crippen LogP contribution is 2.26. The lowest BCUT2D eigenvalue weighted by atomic mass is 9.96. The maximum atomic E-state index is 13.3. The number of rotatable bonds is 5. The number of nitrogens with two attached hydrogens (primary N) is 1. The SMILES string of the molecule is COC(Oc1ccc(C(F)CN)cc1)C(C)(C)C. The van der Waals surface area contributed by atoms with E-state index < -0.39 is 6.17 Å². The minimum atomic E-state index is -1.13. The van der Waals surface area contributed by atoms with Crippen LogP contribution in [0.3, 0.4) is 0 Å². The molecule has 0 saturated heterocycles. The zero-order chi connectivity index (χ0) is 13.8. The van der Waals surface area contributed by atoms with E-state index in [1.807, 2.05) is 20.8 Å². The van der Waals surface area contributed by atoms with E-state index in [1.54, 1.807) is 31.4 Å². The molecule has 3 nitrogen and oxygen atoms in total. The molecule has 0 heterocycles. The first-order valence-corrected chi connectivity index (χ1v) is 6.02. The predicted octanol–water partition coefficient (Wildman–Crippen LogP) is 3.05. The van der Waals surface area contributed by atoms with Crippen LogP contribution in [0.15, 0.2) is 24.3 Å². The van der Waals surface area contributed by atoms with Crippen molar-refractivity contribution in [3.05, 3.63) is 29.8 Å². The van der Waals surface area contributed by atoms with Crippen LogP contribution in [0.5, 0.6) is 5.75 Å². The van der Waals surface area contributed by atoms with Crippen LogP contribution in [0.2, 0.25) is 0 Å². The maximum absolute atomic E-state index is 13.3. The van der Waals surface area contributed by atoms with Crippen LogP contribution in [-0.2, 0) is 4.74 Å². The summed E-state index contributed by atoms with van der Waals surface area (Å²) >= 11 is 0. The Morgan fingerprint density at radius 2 is 1.78 bits per heavy atom. The van der Waals surface area contributed by atoms with Crippen LogP contribution in [0.4, 0.5) is 4.39 Å². The van der Waals surface area contributed by atoms with Crippen molar-refractivity contribution in [1.82, 2.24) is 0 Å². The molecule has 4 heteroatoms. The zero-order valence-corrected chi connectivity index (χ0v) is 11.4. The third kappa shape index (κ3) is 3.96. The summed E-state index contributed by atoms with van der Waals surface area (Å²) in [6.45, 7) is 6.08. The van der Waals surface area contributed by atoms with E-state index in [0.717, 1.165) is 0 Å². The summed E-state index contributed by atoms with van der Waals surface area (Å²) in [4.78, 5) is 0. The fourth-order valence-electron chi connectivity index (χ4n) is 1.59. The second-order valence-corrected chi connectivity index (χ2v) is 5.32. The normalized spacial score (nSPS) is 15.2. The molecule has 2 N–H and O–H groups in total. The number of alkyl halides is 1. The molecular weight excluding hydrogens is 233 g/mol. The summed E-state index contributed by atoms with van der Waals surface area (Å²) in [6.07, 6.45) is -1.47. The molecule has 0 saturated carbocycles. The van der Waals surface area contributed by atoms with Crippen molar-refractivity contribution in [1.29, 1.82) is 0 Å². The predicted molar refractivity (Wildman–Crippen MR) is 70.2 cm³/mol. The molecule has 0 aliphatic rings. The van der Waals surface area contributed by atoms with E-state index in [0.29, 0.717) is 11.3 Å². The van der Waals surface area contributed by atoms with Crippen LogP contribution in [0.1, 0.15) is 32.5 Å². The second kappa shape index (κ2) is 6.16. The van der Waals surface area contributed by atoms with Gasteiger partial charge in [-0.3, -0.25) is 0 Å². The van der Waals surface area contributed by atoms with Gasteiger partial charge in [0, 0.05) is 19.1 Å². The first-order chi connectivity index (χ1) is 8.38. The Hall–Kier alpha value is -1.13. The van der Waals surface area contributed by atoms with Gasteiger partial charge in [-0.05, 0) is 17.7 Å². The van der Waals surface area contributed by atoms with E-state index in [1.165, 1.54) is 0 Å². The van der Waals surface area contributed by atoms with E-state index in [9.17, 15) is 4.39 Å². The average Bonchev–Trinajstić information content (AvgIpc) is 2.34. The van der Waals surface area contributed by atoms with Crippen molar-refractivity contribution in [2.45, 2.75) is 33.2 Å². The summed E-state index contributed by atoms with van der Waals surface area (Å²) in [5.74, 6) is 0.657. The van der Waals surface area contributed by atoms with Crippen molar-refractivity contribution < 1.29 is 13.9 Å². The zero-order valence-electron chi connectivity index (χ0n) is 11.4. The van der Waals surface area contributed by atoms with Gasteiger partial charge in [-0.2, -0.15) is 0 Å². The molecule has 0 aliphatic carbocycles. The minimum Gasteiger partial charge on any atom is -0.464 e. The Labute approximate surface area is 108 Å². The lowest BCUT2D eigenvalue weighted by molar-refractivity contribution is -0.120. The summed E-state index contributed by atoms with van der Waals surface area (Å²) < 4.78 is 24.3. The standard InChI is InChI=1S/C14H22FNO2/c1-14(2,3)13(17-4)18-11-7-5-10(6-8-11)12(15)9-16/h5-8,12-13H,9,16H2,1-4H3. The number of hydrogen-bond acceptors (Lipinski definition) is 3. The van der Waals surface area contributed by atoms with Crippen molar-refractivity contribution in [3.8, 4) is 5.75 Å². The van der Waals surface area contributed by atoms with E-state index >= 15 is 0 Å². The van der Waals surface area contributed by atoms with E-state index in [2.05, 4.69) is 0 Å². The third-order valence-corrected chi connectivity index (χ3v) is 2.61. The van der Waals surface area contributed by atoms with Crippen LogP contribution < -0.4 is 10.5 Å². The first kappa shape index (κ1) is 14.9. The molecule has 0 amide bonds. The number of halogens is 1. The largest absolute Gasteiger partial charge is 0.464 e. The quantitative estimate of drug-likeness (QED) is 0.822. The van der Waals surface area contributed by atoms with Gasteiger partial charge >= 0.3 is 0 Å². The monoisotopic (exact) mass is 255 g/mol. The van der Waals surface area contributed by atoms with Gasteiger partial charge in [-0.1, -0.05) is 32.9 Å². The molecule has 102 valence electrons. The molecule has 0 radical (unpaired) electrons. The lowest BCUT2D eigenvalue weighted by Gasteiger charge is -2.29. The number of hydrogen-bond donors (Lipinski definition) is 1. The van der Waals surface area contributed by atoms with Crippen molar-refractivity contribution in [3.63, 3.8) is 0 Å². The Balaban J connectivity index is 2.74. The molecule has 1 rings (SSSR count).